The highest BCUT2D eigenvalue weighted by molar-refractivity contribution is 5.74. The Labute approximate surface area is 177 Å². The zero-order valence-electron chi connectivity index (χ0n) is 17.5. The zero-order chi connectivity index (χ0) is 20.8. The predicted molar refractivity (Wildman–Crippen MR) is 115 cm³/mol. The molecule has 2 aliphatic rings. The van der Waals surface area contributed by atoms with Crippen molar-refractivity contribution in [1.82, 2.24) is 10.6 Å². The van der Waals surface area contributed by atoms with Crippen molar-refractivity contribution in [3.05, 3.63) is 53.6 Å². The third-order valence-electron chi connectivity index (χ3n) is 5.84. The molecule has 1 heterocycles. The Kier molecular flexibility index (Phi) is 6.62. The van der Waals surface area contributed by atoms with E-state index in [0.29, 0.717) is 6.42 Å². The standard InChI is InChI=1S/C24H30N2O4/c1-28-21-10-7-17(8-11-21)13-20(26-24(27)25-19-5-3-2-4-6-19)14-18-9-12-22-23(15-18)30-16-29-22/h7-12,15,19-20H,2-6,13-14,16H2,1H3,(H2,25,26,27). The van der Waals surface area contributed by atoms with Gasteiger partial charge in [0.2, 0.25) is 6.79 Å². The minimum atomic E-state index is -0.0823. The number of nitrogens with one attached hydrogen (secondary N) is 2. The fraction of sp³-hybridized carbons (Fsp3) is 0.458. The Morgan fingerprint density at radius 1 is 1.00 bits per heavy atom. The molecule has 6 heteroatoms. The summed E-state index contributed by atoms with van der Waals surface area (Å²) in [6.45, 7) is 0.260. The molecule has 0 aromatic heterocycles. The maximum absolute atomic E-state index is 12.7. The molecule has 0 bridgehead atoms. The molecule has 4 rings (SSSR count). The number of amides is 2. The van der Waals surface area contributed by atoms with Crippen molar-refractivity contribution in [2.45, 2.75) is 57.0 Å². The van der Waals surface area contributed by atoms with Crippen LogP contribution >= 0.6 is 0 Å². The molecule has 1 unspecified atom stereocenters. The monoisotopic (exact) mass is 410 g/mol. The number of urea groups is 1. The van der Waals surface area contributed by atoms with E-state index in [4.69, 9.17) is 14.2 Å². The van der Waals surface area contributed by atoms with Crippen LogP contribution in [0, 0.1) is 0 Å². The summed E-state index contributed by atoms with van der Waals surface area (Å²) < 4.78 is 16.2. The lowest BCUT2D eigenvalue weighted by molar-refractivity contribution is 0.174. The molecule has 6 nitrogen and oxygen atoms in total. The van der Waals surface area contributed by atoms with E-state index in [-0.39, 0.29) is 24.9 Å². The van der Waals surface area contributed by atoms with Gasteiger partial charge in [0.25, 0.3) is 0 Å². The molecule has 2 aromatic carbocycles. The highest BCUT2D eigenvalue weighted by Crippen LogP contribution is 2.33. The fourth-order valence-corrected chi connectivity index (χ4v) is 4.23. The molecule has 0 saturated heterocycles. The molecule has 30 heavy (non-hydrogen) atoms. The van der Waals surface area contributed by atoms with Gasteiger partial charge in [0, 0.05) is 12.1 Å². The van der Waals surface area contributed by atoms with Crippen molar-refractivity contribution in [1.29, 1.82) is 0 Å². The largest absolute Gasteiger partial charge is 0.497 e. The van der Waals surface area contributed by atoms with E-state index in [9.17, 15) is 4.79 Å². The number of hydrogen-bond acceptors (Lipinski definition) is 4. The van der Waals surface area contributed by atoms with Gasteiger partial charge in [0.05, 0.1) is 7.11 Å². The van der Waals surface area contributed by atoms with Crippen LogP contribution in [0.3, 0.4) is 0 Å². The number of rotatable bonds is 7. The molecule has 2 N–H and O–H groups in total. The van der Waals surface area contributed by atoms with Crippen molar-refractivity contribution in [2.24, 2.45) is 0 Å². The first kappa shape index (κ1) is 20.4. The predicted octanol–water partition coefficient (Wildman–Crippen LogP) is 4.21. The molecule has 1 atom stereocenters. The van der Waals surface area contributed by atoms with E-state index in [1.165, 1.54) is 19.3 Å². The molecule has 1 saturated carbocycles. The second-order valence-electron chi connectivity index (χ2n) is 8.09. The third-order valence-corrected chi connectivity index (χ3v) is 5.84. The molecular weight excluding hydrogens is 380 g/mol. The third kappa shape index (κ3) is 5.38. The Balaban J connectivity index is 1.44. The van der Waals surface area contributed by atoms with Crippen molar-refractivity contribution in [3.63, 3.8) is 0 Å². The topological polar surface area (TPSA) is 68.8 Å². The summed E-state index contributed by atoms with van der Waals surface area (Å²) in [5.41, 5.74) is 2.26. The van der Waals surface area contributed by atoms with Gasteiger partial charge in [-0.25, -0.2) is 4.79 Å². The van der Waals surface area contributed by atoms with Crippen LogP contribution in [0.15, 0.2) is 42.5 Å². The molecule has 0 spiro atoms. The summed E-state index contributed by atoms with van der Waals surface area (Å²) in [6.07, 6.45) is 7.23. The van der Waals surface area contributed by atoms with E-state index in [1.54, 1.807) is 7.11 Å². The van der Waals surface area contributed by atoms with Gasteiger partial charge in [-0.15, -0.1) is 0 Å². The van der Waals surface area contributed by atoms with Crippen LogP contribution < -0.4 is 24.8 Å². The molecule has 1 aliphatic carbocycles. The van der Waals surface area contributed by atoms with Gasteiger partial charge in [0.15, 0.2) is 11.5 Å². The van der Waals surface area contributed by atoms with Gasteiger partial charge in [-0.05, 0) is 61.1 Å². The quantitative estimate of drug-likeness (QED) is 0.718. The maximum atomic E-state index is 12.7. The van der Waals surface area contributed by atoms with Gasteiger partial charge < -0.3 is 24.8 Å². The van der Waals surface area contributed by atoms with Crippen LogP contribution in [0.4, 0.5) is 4.79 Å². The van der Waals surface area contributed by atoms with Crippen LogP contribution in [-0.2, 0) is 12.8 Å². The molecular formula is C24H30N2O4. The maximum Gasteiger partial charge on any atom is 0.315 e. The first-order valence-corrected chi connectivity index (χ1v) is 10.8. The van der Waals surface area contributed by atoms with Crippen LogP contribution in [0.1, 0.15) is 43.2 Å². The number of carbonyl (C=O) groups excluding carboxylic acids is 1. The highest BCUT2D eigenvalue weighted by atomic mass is 16.7. The lowest BCUT2D eigenvalue weighted by Gasteiger charge is -2.25. The summed E-state index contributed by atoms with van der Waals surface area (Å²) in [6, 6.07) is 14.1. The van der Waals surface area contributed by atoms with E-state index in [2.05, 4.69) is 10.6 Å². The highest BCUT2D eigenvalue weighted by Gasteiger charge is 2.20. The van der Waals surface area contributed by atoms with Crippen LogP contribution in [0.2, 0.25) is 0 Å². The number of ether oxygens (including phenoxy) is 3. The van der Waals surface area contributed by atoms with Crippen LogP contribution in [0.5, 0.6) is 17.2 Å². The first-order chi connectivity index (χ1) is 14.7. The first-order valence-electron chi connectivity index (χ1n) is 10.8. The van der Waals surface area contributed by atoms with E-state index in [0.717, 1.165) is 47.6 Å². The van der Waals surface area contributed by atoms with E-state index >= 15 is 0 Å². The van der Waals surface area contributed by atoms with Crippen molar-refractivity contribution >= 4 is 6.03 Å². The Morgan fingerprint density at radius 3 is 2.47 bits per heavy atom. The summed E-state index contributed by atoms with van der Waals surface area (Å²) >= 11 is 0. The molecule has 1 fully saturated rings. The summed E-state index contributed by atoms with van der Waals surface area (Å²) in [5, 5.41) is 6.37. The van der Waals surface area contributed by atoms with Crippen molar-refractivity contribution in [3.8, 4) is 17.2 Å². The fourth-order valence-electron chi connectivity index (χ4n) is 4.23. The SMILES string of the molecule is COc1ccc(CC(Cc2ccc3c(c2)OCO3)NC(=O)NC2CCCCC2)cc1. The molecule has 2 aromatic rings. The molecule has 2 amide bonds. The minimum absolute atomic E-state index is 0.0395. The summed E-state index contributed by atoms with van der Waals surface area (Å²) in [4.78, 5) is 12.7. The molecule has 1 aliphatic heterocycles. The average Bonchev–Trinajstić information content (AvgIpc) is 3.23. The lowest BCUT2D eigenvalue weighted by Crippen LogP contribution is -2.48. The van der Waals surface area contributed by atoms with E-state index in [1.807, 2.05) is 42.5 Å². The molecule has 0 radical (unpaired) electrons. The van der Waals surface area contributed by atoms with Gasteiger partial charge in [0.1, 0.15) is 5.75 Å². The van der Waals surface area contributed by atoms with Crippen molar-refractivity contribution < 1.29 is 19.0 Å². The van der Waals surface area contributed by atoms with Gasteiger partial charge in [-0.2, -0.15) is 0 Å². The summed E-state index contributed by atoms with van der Waals surface area (Å²) in [7, 11) is 1.66. The van der Waals surface area contributed by atoms with Crippen LogP contribution in [0.25, 0.3) is 0 Å². The Bertz CT molecular complexity index is 847. The number of hydrogen-bond donors (Lipinski definition) is 2. The Morgan fingerprint density at radius 2 is 1.70 bits per heavy atom. The minimum Gasteiger partial charge on any atom is -0.497 e. The van der Waals surface area contributed by atoms with Gasteiger partial charge in [-0.3, -0.25) is 0 Å². The normalized spacial score (nSPS) is 16.7. The zero-order valence-corrected chi connectivity index (χ0v) is 17.5. The van der Waals surface area contributed by atoms with Crippen molar-refractivity contribution in [2.75, 3.05) is 13.9 Å². The lowest BCUT2D eigenvalue weighted by atomic mass is 9.95. The number of carbonyl (C=O) groups is 1. The smallest absolute Gasteiger partial charge is 0.315 e. The number of benzene rings is 2. The second kappa shape index (κ2) is 9.74. The van der Waals surface area contributed by atoms with Gasteiger partial charge >= 0.3 is 6.03 Å². The Hall–Kier alpha value is -2.89. The second-order valence-corrected chi connectivity index (χ2v) is 8.09. The average molecular weight is 411 g/mol. The number of fused-ring (bicyclic) bond motifs is 1. The van der Waals surface area contributed by atoms with E-state index < -0.39 is 0 Å². The molecule has 160 valence electrons. The number of methoxy groups -OCH3 is 1. The van der Waals surface area contributed by atoms with Gasteiger partial charge in [-0.1, -0.05) is 37.5 Å². The summed E-state index contributed by atoms with van der Waals surface area (Å²) in [5.74, 6) is 2.37. The van der Waals surface area contributed by atoms with Crippen LogP contribution in [-0.4, -0.2) is 32.0 Å².